The lowest BCUT2D eigenvalue weighted by atomic mass is 10.2. The van der Waals surface area contributed by atoms with Crippen LogP contribution < -0.4 is 10.6 Å². The number of nitrogens with zero attached hydrogens (tertiary/aromatic N) is 5. The monoisotopic (exact) mass is 555 g/mol. The SMILES string of the molecule is CCNC(=NCC(c1ccco1)N1CCCC1)NCCCc1nnc2n1CCCCC2.I. The molecule has 1 saturated heterocycles. The third-order valence-corrected chi connectivity index (χ3v) is 6.28. The Morgan fingerprint density at radius 1 is 1.12 bits per heavy atom. The number of rotatable bonds is 9. The molecule has 1 fully saturated rings. The van der Waals surface area contributed by atoms with Gasteiger partial charge in [-0.3, -0.25) is 9.89 Å². The minimum Gasteiger partial charge on any atom is -0.468 e. The number of aromatic nitrogens is 3. The van der Waals surface area contributed by atoms with Crippen molar-refractivity contribution < 1.29 is 4.42 Å². The molecule has 0 spiro atoms. The van der Waals surface area contributed by atoms with Crippen LogP contribution in [0.25, 0.3) is 0 Å². The fraction of sp³-hybridized carbons (Fsp3) is 0.696. The van der Waals surface area contributed by atoms with Crippen LogP contribution in [0, 0.1) is 0 Å². The molecule has 178 valence electrons. The van der Waals surface area contributed by atoms with Crippen molar-refractivity contribution in [3.05, 3.63) is 35.8 Å². The molecule has 2 aliphatic heterocycles. The second kappa shape index (κ2) is 13.2. The topological polar surface area (TPSA) is 83.5 Å². The number of furan rings is 1. The van der Waals surface area contributed by atoms with Gasteiger partial charge in [-0.2, -0.15) is 0 Å². The Morgan fingerprint density at radius 3 is 2.75 bits per heavy atom. The van der Waals surface area contributed by atoms with Gasteiger partial charge in [-0.1, -0.05) is 6.42 Å². The highest BCUT2D eigenvalue weighted by Gasteiger charge is 2.25. The zero-order valence-electron chi connectivity index (χ0n) is 19.3. The van der Waals surface area contributed by atoms with E-state index in [4.69, 9.17) is 9.41 Å². The maximum absolute atomic E-state index is 5.73. The molecule has 0 aliphatic carbocycles. The molecule has 2 aromatic rings. The van der Waals surface area contributed by atoms with Crippen molar-refractivity contribution in [3.63, 3.8) is 0 Å². The second-order valence-corrected chi connectivity index (χ2v) is 8.52. The van der Waals surface area contributed by atoms with Crippen molar-refractivity contribution in [2.75, 3.05) is 32.7 Å². The maximum atomic E-state index is 5.73. The van der Waals surface area contributed by atoms with E-state index in [1.165, 1.54) is 37.9 Å². The highest BCUT2D eigenvalue weighted by Crippen LogP contribution is 2.25. The quantitative estimate of drug-likeness (QED) is 0.213. The average molecular weight is 556 g/mol. The first-order valence-electron chi connectivity index (χ1n) is 12.1. The lowest BCUT2D eigenvalue weighted by Crippen LogP contribution is -2.39. The van der Waals surface area contributed by atoms with Gasteiger partial charge >= 0.3 is 0 Å². The molecule has 8 nitrogen and oxygen atoms in total. The zero-order chi connectivity index (χ0) is 21.3. The largest absolute Gasteiger partial charge is 0.468 e. The Balaban J connectivity index is 0.00000289. The van der Waals surface area contributed by atoms with Crippen molar-refractivity contribution >= 4 is 29.9 Å². The molecule has 2 N–H and O–H groups in total. The van der Waals surface area contributed by atoms with Gasteiger partial charge in [0.05, 0.1) is 18.8 Å². The summed E-state index contributed by atoms with van der Waals surface area (Å²) in [5.41, 5.74) is 0. The lowest BCUT2D eigenvalue weighted by molar-refractivity contribution is 0.221. The summed E-state index contributed by atoms with van der Waals surface area (Å²) < 4.78 is 8.07. The summed E-state index contributed by atoms with van der Waals surface area (Å²) in [7, 11) is 0. The van der Waals surface area contributed by atoms with E-state index in [-0.39, 0.29) is 30.0 Å². The van der Waals surface area contributed by atoms with Crippen LogP contribution in [0.15, 0.2) is 27.8 Å². The van der Waals surface area contributed by atoms with Crippen molar-refractivity contribution in [3.8, 4) is 0 Å². The van der Waals surface area contributed by atoms with Crippen LogP contribution in [-0.2, 0) is 19.4 Å². The molecule has 4 rings (SSSR count). The van der Waals surface area contributed by atoms with Crippen LogP contribution in [0.2, 0.25) is 0 Å². The van der Waals surface area contributed by atoms with E-state index in [9.17, 15) is 0 Å². The number of nitrogens with one attached hydrogen (secondary N) is 2. The Kier molecular flexibility index (Phi) is 10.3. The van der Waals surface area contributed by atoms with Crippen LogP contribution in [-0.4, -0.2) is 58.3 Å². The van der Waals surface area contributed by atoms with Crippen molar-refractivity contribution in [2.45, 2.75) is 70.9 Å². The van der Waals surface area contributed by atoms with Gasteiger partial charge in [-0.25, -0.2) is 0 Å². The van der Waals surface area contributed by atoms with E-state index < -0.39 is 0 Å². The summed E-state index contributed by atoms with van der Waals surface area (Å²) in [6.45, 7) is 7.82. The van der Waals surface area contributed by atoms with Crippen LogP contribution >= 0.6 is 24.0 Å². The van der Waals surface area contributed by atoms with E-state index in [1.54, 1.807) is 6.26 Å². The number of hydrogen-bond acceptors (Lipinski definition) is 5. The van der Waals surface area contributed by atoms with Crippen LogP contribution in [0.4, 0.5) is 0 Å². The minimum absolute atomic E-state index is 0. The van der Waals surface area contributed by atoms with E-state index >= 15 is 0 Å². The van der Waals surface area contributed by atoms with E-state index in [1.807, 2.05) is 6.07 Å². The van der Waals surface area contributed by atoms with Gasteiger partial charge in [0.2, 0.25) is 0 Å². The number of hydrogen-bond donors (Lipinski definition) is 2. The Morgan fingerprint density at radius 2 is 1.97 bits per heavy atom. The molecule has 0 amide bonds. The van der Waals surface area contributed by atoms with Gasteiger partial charge < -0.3 is 19.6 Å². The average Bonchev–Trinajstić information content (AvgIpc) is 3.53. The summed E-state index contributed by atoms with van der Waals surface area (Å²) in [5.74, 6) is 4.18. The predicted molar refractivity (Wildman–Crippen MR) is 138 cm³/mol. The number of halogens is 1. The lowest BCUT2D eigenvalue weighted by Gasteiger charge is -2.24. The van der Waals surface area contributed by atoms with Gasteiger partial charge in [0.1, 0.15) is 17.4 Å². The fourth-order valence-corrected chi connectivity index (χ4v) is 4.62. The van der Waals surface area contributed by atoms with Gasteiger partial charge in [0.25, 0.3) is 0 Å². The van der Waals surface area contributed by atoms with Crippen LogP contribution in [0.5, 0.6) is 0 Å². The Bertz CT molecular complexity index is 814. The number of aryl methyl sites for hydroxylation is 2. The standard InChI is InChI=1S/C23H37N7O.HI/c1-2-24-23(26-18-19(20-10-9-17-31-20)29-14-6-7-15-29)25-13-8-12-22-28-27-21-11-4-3-5-16-30(21)22;/h9-10,17,19H,2-8,11-16,18H2,1H3,(H2,24,25,26);1H. The number of aliphatic imine (C=N–C) groups is 1. The van der Waals surface area contributed by atoms with Gasteiger partial charge in [0.15, 0.2) is 5.96 Å². The molecule has 0 radical (unpaired) electrons. The highest BCUT2D eigenvalue weighted by molar-refractivity contribution is 14.0. The van der Waals surface area contributed by atoms with Crippen LogP contribution in [0.1, 0.15) is 68.9 Å². The summed E-state index contributed by atoms with van der Waals surface area (Å²) in [6, 6.07) is 4.25. The molecule has 32 heavy (non-hydrogen) atoms. The molecule has 1 atom stereocenters. The molecule has 2 aliphatic rings. The third-order valence-electron chi connectivity index (χ3n) is 6.28. The summed E-state index contributed by atoms with van der Waals surface area (Å²) in [4.78, 5) is 7.38. The predicted octanol–water partition coefficient (Wildman–Crippen LogP) is 3.54. The van der Waals surface area contributed by atoms with Crippen molar-refractivity contribution in [1.29, 1.82) is 0 Å². The van der Waals surface area contributed by atoms with Crippen molar-refractivity contribution in [1.82, 2.24) is 30.3 Å². The molecular weight excluding hydrogens is 517 g/mol. The summed E-state index contributed by atoms with van der Waals surface area (Å²) in [6.07, 6.45) is 11.1. The van der Waals surface area contributed by atoms with Crippen LogP contribution in [0.3, 0.4) is 0 Å². The summed E-state index contributed by atoms with van der Waals surface area (Å²) >= 11 is 0. The third kappa shape index (κ3) is 6.69. The minimum atomic E-state index is 0. The van der Waals surface area contributed by atoms with E-state index in [0.29, 0.717) is 6.54 Å². The number of fused-ring (bicyclic) bond motifs is 1. The molecule has 0 aromatic carbocycles. The number of likely N-dealkylation sites (tertiary alicyclic amines) is 1. The van der Waals surface area contributed by atoms with E-state index in [2.05, 4.69) is 43.3 Å². The van der Waals surface area contributed by atoms with Gasteiger partial charge in [-0.05, 0) is 64.3 Å². The zero-order valence-corrected chi connectivity index (χ0v) is 21.6. The molecular formula is C23H38IN7O. The van der Waals surface area contributed by atoms with Gasteiger partial charge in [0, 0.05) is 32.5 Å². The van der Waals surface area contributed by atoms with E-state index in [0.717, 1.165) is 69.5 Å². The Labute approximate surface area is 208 Å². The van der Waals surface area contributed by atoms with Crippen molar-refractivity contribution in [2.24, 2.45) is 4.99 Å². The molecule has 0 saturated carbocycles. The smallest absolute Gasteiger partial charge is 0.191 e. The molecule has 9 heteroatoms. The first-order chi connectivity index (χ1) is 15.3. The summed E-state index contributed by atoms with van der Waals surface area (Å²) in [5, 5.41) is 15.7. The normalized spacial score (nSPS) is 18.0. The molecule has 1 unspecified atom stereocenters. The molecule has 4 heterocycles. The molecule has 0 bridgehead atoms. The number of guanidine groups is 1. The Hall–Kier alpha value is -1.62. The second-order valence-electron chi connectivity index (χ2n) is 8.52. The first-order valence-corrected chi connectivity index (χ1v) is 12.1. The highest BCUT2D eigenvalue weighted by atomic mass is 127. The fourth-order valence-electron chi connectivity index (χ4n) is 4.62. The maximum Gasteiger partial charge on any atom is 0.191 e. The van der Waals surface area contributed by atoms with Gasteiger partial charge in [-0.15, -0.1) is 34.2 Å². The first kappa shape index (κ1) is 25.0. The molecule has 2 aromatic heterocycles.